The lowest BCUT2D eigenvalue weighted by Crippen LogP contribution is -2.35. The number of allylic oxidation sites excluding steroid dienone is 1. The summed E-state index contributed by atoms with van der Waals surface area (Å²) in [5.41, 5.74) is 0.362. The van der Waals surface area contributed by atoms with E-state index in [-0.39, 0.29) is 0 Å². The summed E-state index contributed by atoms with van der Waals surface area (Å²) in [6, 6.07) is 2.58. The van der Waals surface area contributed by atoms with E-state index >= 15 is 0 Å². The van der Waals surface area contributed by atoms with Crippen LogP contribution in [-0.4, -0.2) is 17.5 Å². The van der Waals surface area contributed by atoms with Gasteiger partial charge in [-0.05, 0) is 30.9 Å². The number of nitrogens with zero attached hydrogens (tertiary/aromatic N) is 2. The zero-order chi connectivity index (χ0) is 11.5. The van der Waals surface area contributed by atoms with Crippen molar-refractivity contribution in [2.24, 2.45) is 11.3 Å². The van der Waals surface area contributed by atoms with E-state index in [4.69, 9.17) is 5.26 Å². The van der Waals surface area contributed by atoms with E-state index in [9.17, 15) is 0 Å². The van der Waals surface area contributed by atoms with E-state index in [2.05, 4.69) is 50.9 Å². The fourth-order valence-electron chi connectivity index (χ4n) is 2.01. The first kappa shape index (κ1) is 12.1. The van der Waals surface area contributed by atoms with Crippen molar-refractivity contribution in [3.05, 3.63) is 12.3 Å². The van der Waals surface area contributed by atoms with Crippen LogP contribution in [0.5, 0.6) is 0 Å². The Labute approximate surface area is 93.6 Å². The van der Waals surface area contributed by atoms with Gasteiger partial charge in [-0.15, -0.1) is 0 Å². The Bertz CT molecular complexity index is 267. The molecule has 15 heavy (non-hydrogen) atoms. The third-order valence-electron chi connectivity index (χ3n) is 3.27. The Hall–Kier alpha value is -0.970. The second kappa shape index (κ2) is 4.70. The van der Waals surface area contributed by atoms with Crippen molar-refractivity contribution < 1.29 is 0 Å². The first-order valence-electron chi connectivity index (χ1n) is 5.76. The summed E-state index contributed by atoms with van der Waals surface area (Å²) in [4.78, 5) is 2.28. The monoisotopic (exact) mass is 206 g/mol. The summed E-state index contributed by atoms with van der Waals surface area (Å²) >= 11 is 0. The van der Waals surface area contributed by atoms with Gasteiger partial charge >= 0.3 is 0 Å². The maximum absolute atomic E-state index is 8.65. The minimum Gasteiger partial charge on any atom is -0.374 e. The fraction of sp³-hybridized carbons (Fsp3) is 0.769. The number of hydrogen-bond donors (Lipinski definition) is 0. The molecule has 0 fully saturated rings. The quantitative estimate of drug-likeness (QED) is 0.694. The Kier molecular flexibility index (Phi) is 3.79. The van der Waals surface area contributed by atoms with Crippen molar-refractivity contribution in [2.75, 3.05) is 6.54 Å². The van der Waals surface area contributed by atoms with Crippen LogP contribution in [0.2, 0.25) is 0 Å². The molecule has 0 bridgehead atoms. The van der Waals surface area contributed by atoms with Gasteiger partial charge in [-0.2, -0.15) is 5.26 Å². The molecule has 2 heteroatoms. The van der Waals surface area contributed by atoms with Crippen molar-refractivity contribution in [3.63, 3.8) is 0 Å². The van der Waals surface area contributed by atoms with Crippen LogP contribution < -0.4 is 0 Å². The fourth-order valence-corrected chi connectivity index (χ4v) is 2.01. The van der Waals surface area contributed by atoms with Crippen LogP contribution in [0.15, 0.2) is 12.3 Å². The van der Waals surface area contributed by atoms with E-state index in [1.165, 1.54) is 6.42 Å². The van der Waals surface area contributed by atoms with Gasteiger partial charge in [-0.3, -0.25) is 0 Å². The Morgan fingerprint density at radius 1 is 1.53 bits per heavy atom. The first-order valence-corrected chi connectivity index (χ1v) is 5.76. The van der Waals surface area contributed by atoms with Crippen LogP contribution in [0.1, 0.15) is 40.5 Å². The van der Waals surface area contributed by atoms with Crippen LogP contribution in [-0.2, 0) is 0 Å². The molecule has 0 aromatic heterocycles. The summed E-state index contributed by atoms with van der Waals surface area (Å²) in [6.07, 6.45) is 6.30. The summed E-state index contributed by atoms with van der Waals surface area (Å²) in [5, 5.41) is 8.65. The molecule has 0 aromatic carbocycles. The van der Waals surface area contributed by atoms with Crippen molar-refractivity contribution in [1.29, 1.82) is 5.26 Å². The molecule has 0 spiro atoms. The highest BCUT2D eigenvalue weighted by atomic mass is 15.1. The van der Waals surface area contributed by atoms with E-state index in [0.717, 1.165) is 6.54 Å². The summed E-state index contributed by atoms with van der Waals surface area (Å²) in [5.74, 6) is 0.669. The van der Waals surface area contributed by atoms with Gasteiger partial charge in [-0.1, -0.05) is 26.8 Å². The molecule has 2 atom stereocenters. The highest BCUT2D eigenvalue weighted by molar-refractivity contribution is 5.00. The number of rotatable bonds is 2. The minimum absolute atomic E-state index is 0.354. The number of nitriles is 1. The second-order valence-corrected chi connectivity index (χ2v) is 5.55. The molecule has 0 amide bonds. The molecule has 0 radical (unpaired) electrons. The van der Waals surface area contributed by atoms with Crippen molar-refractivity contribution >= 4 is 0 Å². The summed E-state index contributed by atoms with van der Waals surface area (Å²) in [6.45, 7) is 10.1. The second-order valence-electron chi connectivity index (χ2n) is 5.55. The third kappa shape index (κ3) is 3.27. The lowest BCUT2D eigenvalue weighted by Gasteiger charge is -2.37. The molecule has 2 unspecified atom stereocenters. The van der Waals surface area contributed by atoms with Crippen molar-refractivity contribution in [1.82, 2.24) is 4.90 Å². The van der Waals surface area contributed by atoms with E-state index in [0.29, 0.717) is 23.8 Å². The molecule has 0 saturated carbocycles. The number of hydrogen-bond acceptors (Lipinski definition) is 2. The van der Waals surface area contributed by atoms with Gasteiger partial charge in [0.15, 0.2) is 0 Å². The first-order chi connectivity index (χ1) is 6.95. The Balaban J connectivity index is 2.56. The molecule has 0 N–H and O–H groups in total. The van der Waals surface area contributed by atoms with E-state index in [1.807, 2.05) is 0 Å². The van der Waals surface area contributed by atoms with Gasteiger partial charge in [0.25, 0.3) is 0 Å². The Morgan fingerprint density at radius 3 is 2.60 bits per heavy atom. The Morgan fingerprint density at radius 2 is 2.20 bits per heavy atom. The van der Waals surface area contributed by atoms with Crippen molar-refractivity contribution in [3.8, 4) is 6.07 Å². The van der Waals surface area contributed by atoms with Gasteiger partial charge in [0.05, 0.1) is 12.5 Å². The molecule has 1 rings (SSSR count). The van der Waals surface area contributed by atoms with E-state index in [1.54, 1.807) is 0 Å². The van der Waals surface area contributed by atoms with E-state index < -0.39 is 0 Å². The summed E-state index contributed by atoms with van der Waals surface area (Å²) < 4.78 is 0. The minimum atomic E-state index is 0.354. The molecule has 0 aromatic rings. The maximum atomic E-state index is 8.65. The molecule has 84 valence electrons. The molecule has 1 aliphatic heterocycles. The average molecular weight is 206 g/mol. The molecular weight excluding hydrogens is 184 g/mol. The molecule has 1 heterocycles. The standard InChI is InChI=1S/C13H22N2/c1-11(5-8-14)15-9-6-12(7-10-15)13(2,3)4/h6,9,11-12H,5,7,10H2,1-4H3. The molecule has 2 nitrogen and oxygen atoms in total. The van der Waals surface area contributed by atoms with Gasteiger partial charge < -0.3 is 4.90 Å². The smallest absolute Gasteiger partial charge is 0.0643 e. The topological polar surface area (TPSA) is 27.0 Å². The highest BCUT2D eigenvalue weighted by Crippen LogP contribution is 2.32. The van der Waals surface area contributed by atoms with Crippen LogP contribution in [0.25, 0.3) is 0 Å². The SMILES string of the molecule is CC(CC#N)N1C=CC(C(C)(C)C)CC1. The predicted molar refractivity (Wildman–Crippen MR) is 63.1 cm³/mol. The maximum Gasteiger partial charge on any atom is 0.0643 e. The van der Waals surface area contributed by atoms with Crippen LogP contribution in [0.3, 0.4) is 0 Å². The molecule has 0 aliphatic carbocycles. The normalized spacial score (nSPS) is 23.7. The highest BCUT2D eigenvalue weighted by Gasteiger charge is 2.26. The predicted octanol–water partition coefficient (Wildman–Crippen LogP) is 3.17. The largest absolute Gasteiger partial charge is 0.374 e. The average Bonchev–Trinajstić information content (AvgIpc) is 2.17. The van der Waals surface area contributed by atoms with Gasteiger partial charge in [-0.25, -0.2) is 0 Å². The third-order valence-corrected chi connectivity index (χ3v) is 3.27. The molecule has 1 aliphatic rings. The molecular formula is C13H22N2. The zero-order valence-corrected chi connectivity index (χ0v) is 10.3. The van der Waals surface area contributed by atoms with Crippen LogP contribution in [0, 0.1) is 22.7 Å². The van der Waals surface area contributed by atoms with Crippen LogP contribution >= 0.6 is 0 Å². The van der Waals surface area contributed by atoms with Crippen molar-refractivity contribution in [2.45, 2.75) is 46.6 Å². The van der Waals surface area contributed by atoms with Gasteiger partial charge in [0.1, 0.15) is 0 Å². The summed E-state index contributed by atoms with van der Waals surface area (Å²) in [7, 11) is 0. The van der Waals surface area contributed by atoms with Crippen LogP contribution in [0.4, 0.5) is 0 Å². The van der Waals surface area contributed by atoms with Gasteiger partial charge in [0, 0.05) is 12.6 Å². The lowest BCUT2D eigenvalue weighted by molar-refractivity contribution is 0.200. The van der Waals surface area contributed by atoms with Gasteiger partial charge in [0.2, 0.25) is 0 Å². The zero-order valence-electron chi connectivity index (χ0n) is 10.3. The molecule has 0 saturated heterocycles. The lowest BCUT2D eigenvalue weighted by atomic mass is 9.77.